The Balaban J connectivity index is 1.91. The molecule has 0 aliphatic heterocycles. The molecule has 4 rings (SSSR count). The molecule has 0 spiro atoms. The molecule has 14 heteroatoms. The maximum atomic E-state index is 14.9. The molecule has 0 bridgehead atoms. The van der Waals surface area contributed by atoms with Crippen LogP contribution in [-0.2, 0) is 18.5 Å². The minimum absolute atomic E-state index is 0.0644. The molecule has 0 radical (unpaired) electrons. The van der Waals surface area contributed by atoms with E-state index in [1.54, 1.807) is 60.7 Å². The zero-order valence-corrected chi connectivity index (χ0v) is 23.8. The van der Waals surface area contributed by atoms with Crippen molar-refractivity contribution < 1.29 is 36.2 Å². The smallest absolute Gasteiger partial charge is 0.365 e. The Morgan fingerprint density at radius 3 is 1.20 bits per heavy atom. The number of hydrogen-bond donors (Lipinski definition) is 0. The topological polar surface area (TPSA) is 92.8 Å². The van der Waals surface area contributed by atoms with Crippen LogP contribution in [0.2, 0.25) is 0 Å². The average Bonchev–Trinajstić information content (AvgIpc) is 2.96. The molecule has 0 aromatic heterocycles. The number of anilines is 2. The van der Waals surface area contributed by atoms with Crippen molar-refractivity contribution in [1.29, 1.82) is 0 Å². The summed E-state index contributed by atoms with van der Waals surface area (Å²) in [6.45, 7) is 0.129. The van der Waals surface area contributed by atoms with Gasteiger partial charge in [0.1, 0.15) is 11.4 Å². The van der Waals surface area contributed by atoms with Crippen LogP contribution in [0.3, 0.4) is 0 Å². The van der Waals surface area contributed by atoms with E-state index in [1.165, 1.54) is 23.9 Å². The van der Waals surface area contributed by atoms with Crippen LogP contribution in [0.5, 0.6) is 0 Å². The monoisotopic (exact) mass is 632 g/mol. The first-order chi connectivity index (χ1) is 21.1. The molecule has 0 atom stereocenters. The number of hydrogen-bond acceptors (Lipinski definition) is 6. The van der Waals surface area contributed by atoms with E-state index in [4.69, 9.17) is 0 Å². The Bertz CT molecular complexity index is 1560. The minimum atomic E-state index is -6.12. The van der Waals surface area contributed by atoms with Crippen LogP contribution in [0.15, 0.2) is 97.1 Å². The van der Waals surface area contributed by atoms with Crippen molar-refractivity contribution in [3.8, 4) is 0 Å². The van der Waals surface area contributed by atoms with Gasteiger partial charge in [-0.2, -0.15) is 26.3 Å². The summed E-state index contributed by atoms with van der Waals surface area (Å²) in [6.07, 6.45) is -12.2. The molecule has 0 aliphatic carbocycles. The van der Waals surface area contributed by atoms with Crippen molar-refractivity contribution in [1.82, 2.24) is 0 Å². The molecular formula is C31H26F6N4O4. The van der Waals surface area contributed by atoms with Crippen LogP contribution in [0, 0.1) is 20.2 Å². The second-order valence-corrected chi connectivity index (χ2v) is 10.4. The number of alkyl halides is 6. The summed E-state index contributed by atoms with van der Waals surface area (Å²) in [4.78, 5) is 24.6. The van der Waals surface area contributed by atoms with Gasteiger partial charge >= 0.3 is 12.4 Å². The zero-order valence-electron chi connectivity index (χ0n) is 23.8. The van der Waals surface area contributed by atoms with E-state index in [0.717, 1.165) is 12.1 Å². The van der Waals surface area contributed by atoms with Crippen molar-refractivity contribution in [3.63, 3.8) is 0 Å². The lowest BCUT2D eigenvalue weighted by molar-refractivity contribution is -0.384. The summed E-state index contributed by atoms with van der Waals surface area (Å²) in [6, 6.07) is 20.2. The van der Waals surface area contributed by atoms with E-state index >= 15 is 0 Å². The first-order valence-corrected chi connectivity index (χ1v) is 13.3. The maximum absolute atomic E-state index is 14.9. The number of rotatable bonds is 10. The fraction of sp³-hybridized carbons (Fsp3) is 0.226. The third kappa shape index (κ3) is 6.40. The van der Waals surface area contributed by atoms with E-state index < -0.39 is 50.1 Å². The summed E-state index contributed by atoms with van der Waals surface area (Å²) < 4.78 is 89.5. The molecular weight excluding hydrogens is 606 g/mol. The highest BCUT2D eigenvalue weighted by molar-refractivity contribution is 5.69. The van der Waals surface area contributed by atoms with E-state index in [1.807, 2.05) is 0 Å². The molecule has 4 aromatic carbocycles. The Kier molecular flexibility index (Phi) is 9.07. The highest BCUT2D eigenvalue weighted by Crippen LogP contribution is 2.57. The van der Waals surface area contributed by atoms with Gasteiger partial charge in [-0.3, -0.25) is 20.2 Å². The fourth-order valence-electron chi connectivity index (χ4n) is 5.32. The van der Waals surface area contributed by atoms with E-state index in [0.29, 0.717) is 23.3 Å². The van der Waals surface area contributed by atoms with Crippen LogP contribution in [0.4, 0.5) is 49.1 Å². The predicted molar refractivity (Wildman–Crippen MR) is 156 cm³/mol. The molecule has 0 aliphatic rings. The molecule has 0 fully saturated rings. The van der Waals surface area contributed by atoms with Gasteiger partial charge in [-0.15, -0.1) is 0 Å². The Labute approximate surface area is 253 Å². The normalized spacial score (nSPS) is 12.1. The van der Waals surface area contributed by atoms with Crippen LogP contribution >= 0.6 is 0 Å². The molecule has 0 saturated heterocycles. The van der Waals surface area contributed by atoms with Crippen molar-refractivity contribution in [3.05, 3.63) is 140 Å². The SMILES string of the molecule is CN(Cc1ccccc1)c1ccc(C(c2ccc(N(C)Cc3ccccc3)c([N+](=O)[O-])c2)(C(F)(F)F)C(F)(F)F)cc1[N+](=O)[O-]. The van der Waals surface area contributed by atoms with Crippen molar-refractivity contribution in [2.45, 2.75) is 30.9 Å². The standard InChI is InChI=1S/C31H26F6N4O4/c1-38(19-21-9-5-3-6-10-21)25-15-13-23(17-27(25)40(42)43)29(30(32,33)34,31(35,36)37)24-14-16-26(28(18-24)41(44)45)39(2)20-22-11-7-4-8-12-22/h3-18H,19-20H2,1-2H3. The first-order valence-electron chi connectivity index (χ1n) is 13.3. The molecule has 236 valence electrons. The molecule has 4 aromatic rings. The minimum Gasteiger partial charge on any atom is -0.365 e. The molecule has 8 nitrogen and oxygen atoms in total. The Hall–Kier alpha value is -5.14. The van der Waals surface area contributed by atoms with Crippen molar-refractivity contribution in [2.75, 3.05) is 23.9 Å². The number of benzene rings is 4. The van der Waals surface area contributed by atoms with Gasteiger partial charge in [0.05, 0.1) is 9.85 Å². The summed E-state index contributed by atoms with van der Waals surface area (Å²) >= 11 is 0. The van der Waals surface area contributed by atoms with Gasteiger partial charge in [0.2, 0.25) is 5.41 Å². The quantitative estimate of drug-likeness (QED) is 0.0995. The molecule has 45 heavy (non-hydrogen) atoms. The van der Waals surface area contributed by atoms with Crippen molar-refractivity contribution >= 4 is 22.7 Å². The van der Waals surface area contributed by atoms with Gasteiger partial charge < -0.3 is 9.80 Å². The Morgan fingerprint density at radius 2 is 0.911 bits per heavy atom. The van der Waals surface area contributed by atoms with E-state index in [9.17, 15) is 46.6 Å². The van der Waals surface area contributed by atoms with Gasteiger partial charge in [0.15, 0.2) is 0 Å². The highest BCUT2D eigenvalue weighted by atomic mass is 19.4. The zero-order chi connectivity index (χ0) is 33.2. The number of halogens is 6. The number of nitro groups is 2. The van der Waals surface area contributed by atoms with Gasteiger partial charge in [-0.25, -0.2) is 0 Å². The molecule has 0 amide bonds. The van der Waals surface area contributed by atoms with Gasteiger partial charge in [0.25, 0.3) is 11.4 Å². The number of nitrogens with zero attached hydrogens (tertiary/aromatic N) is 4. The van der Waals surface area contributed by atoms with Crippen LogP contribution in [0.25, 0.3) is 0 Å². The lowest BCUT2D eigenvalue weighted by Crippen LogP contribution is -2.54. The van der Waals surface area contributed by atoms with Gasteiger partial charge in [-0.05, 0) is 34.4 Å². The second kappa shape index (κ2) is 12.5. The third-order valence-corrected chi connectivity index (χ3v) is 7.41. The van der Waals surface area contributed by atoms with Crippen molar-refractivity contribution in [2.24, 2.45) is 0 Å². The summed E-state index contributed by atoms with van der Waals surface area (Å²) in [5.41, 5.74) is -8.95. The maximum Gasteiger partial charge on any atom is 0.411 e. The number of nitro benzene ring substituents is 2. The Morgan fingerprint density at radius 1 is 0.578 bits per heavy atom. The predicted octanol–water partition coefficient (Wildman–Crippen LogP) is 8.19. The van der Waals surface area contributed by atoms with E-state index in [-0.39, 0.29) is 36.6 Å². The average molecular weight is 633 g/mol. The largest absolute Gasteiger partial charge is 0.411 e. The third-order valence-electron chi connectivity index (χ3n) is 7.41. The van der Waals surface area contributed by atoms with Crippen LogP contribution in [0.1, 0.15) is 22.3 Å². The highest BCUT2D eigenvalue weighted by Gasteiger charge is 2.73. The molecule has 0 saturated carbocycles. The lowest BCUT2D eigenvalue weighted by atomic mass is 9.72. The van der Waals surface area contributed by atoms with Crippen LogP contribution in [-0.4, -0.2) is 36.3 Å². The molecule has 0 unspecified atom stereocenters. The van der Waals surface area contributed by atoms with Gasteiger partial charge in [-0.1, -0.05) is 72.8 Å². The molecule has 0 N–H and O–H groups in total. The van der Waals surface area contributed by atoms with Gasteiger partial charge in [0, 0.05) is 39.3 Å². The fourth-order valence-corrected chi connectivity index (χ4v) is 5.32. The molecule has 0 heterocycles. The summed E-state index contributed by atoms with van der Waals surface area (Å²) in [7, 11) is 2.81. The first kappa shape index (κ1) is 32.8. The second-order valence-electron chi connectivity index (χ2n) is 10.4. The van der Waals surface area contributed by atoms with E-state index in [2.05, 4.69) is 0 Å². The lowest BCUT2D eigenvalue weighted by Gasteiger charge is -2.38. The summed E-state index contributed by atoms with van der Waals surface area (Å²) in [5.74, 6) is 0. The summed E-state index contributed by atoms with van der Waals surface area (Å²) in [5, 5.41) is 24.1. The van der Waals surface area contributed by atoms with Crippen LogP contribution < -0.4 is 9.80 Å².